The lowest BCUT2D eigenvalue weighted by Gasteiger charge is -2.22. The van der Waals surface area contributed by atoms with Crippen LogP contribution in [0.5, 0.6) is 0 Å². The fourth-order valence-electron chi connectivity index (χ4n) is 4.26. The molecule has 29 heavy (non-hydrogen) atoms. The maximum atomic E-state index is 12.6. The lowest BCUT2D eigenvalue weighted by atomic mass is 9.86. The Morgan fingerprint density at radius 1 is 1.17 bits per heavy atom. The van der Waals surface area contributed by atoms with E-state index in [2.05, 4.69) is 35.8 Å². The Kier molecular flexibility index (Phi) is 3.59. The van der Waals surface area contributed by atoms with Crippen molar-refractivity contribution in [2.24, 2.45) is 5.92 Å². The Bertz CT molecular complexity index is 1240. The summed E-state index contributed by atoms with van der Waals surface area (Å²) in [6, 6.07) is 6.43. The molecule has 3 aromatic heterocycles. The Morgan fingerprint density at radius 2 is 2.10 bits per heavy atom. The molecule has 1 aromatic carbocycles. The third-order valence-corrected chi connectivity index (χ3v) is 5.97. The monoisotopic (exact) mass is 387 g/mol. The lowest BCUT2D eigenvalue weighted by Crippen LogP contribution is -2.35. The normalized spacial score (nSPS) is 18.7. The molecule has 6 rings (SSSR count). The van der Waals surface area contributed by atoms with E-state index in [1.165, 1.54) is 5.69 Å². The number of hydrogen-bond acceptors (Lipinski definition) is 5. The number of aryl methyl sites for hydroxylation is 1. The number of nitrogens with zero attached hydrogens (tertiary/aromatic N) is 3. The summed E-state index contributed by atoms with van der Waals surface area (Å²) < 4.78 is 0. The highest BCUT2D eigenvalue weighted by molar-refractivity contribution is 5.95. The molecule has 0 radical (unpaired) electrons. The van der Waals surface area contributed by atoms with Crippen molar-refractivity contribution in [3.05, 3.63) is 42.0 Å². The topological polar surface area (TPSA) is 111 Å². The minimum atomic E-state index is 0.0115. The second-order valence-electron chi connectivity index (χ2n) is 8.05. The van der Waals surface area contributed by atoms with Crippen LogP contribution in [0.1, 0.15) is 30.5 Å². The van der Waals surface area contributed by atoms with E-state index in [0.717, 1.165) is 71.1 Å². The van der Waals surface area contributed by atoms with Gasteiger partial charge in [-0.15, -0.1) is 0 Å². The largest absolute Gasteiger partial charge is 0.353 e. The Hall–Kier alpha value is -3.42. The summed E-state index contributed by atoms with van der Waals surface area (Å²) in [4.78, 5) is 25.0. The van der Waals surface area contributed by atoms with Gasteiger partial charge in [-0.2, -0.15) is 5.10 Å². The first kappa shape index (κ1) is 16.5. The molecule has 8 heteroatoms. The van der Waals surface area contributed by atoms with E-state index in [9.17, 15) is 4.79 Å². The molecule has 0 aliphatic heterocycles. The molecule has 3 heterocycles. The first-order valence-corrected chi connectivity index (χ1v) is 10.1. The Morgan fingerprint density at radius 3 is 3.00 bits per heavy atom. The number of carbonyl (C=O) groups is 1. The number of H-pyrrole nitrogens is 2. The molecule has 8 nitrogen and oxygen atoms in total. The molecule has 2 aliphatic rings. The van der Waals surface area contributed by atoms with E-state index in [0.29, 0.717) is 6.04 Å². The zero-order valence-corrected chi connectivity index (χ0v) is 15.8. The van der Waals surface area contributed by atoms with E-state index in [4.69, 9.17) is 0 Å². The van der Waals surface area contributed by atoms with E-state index in [1.807, 2.05) is 18.2 Å². The van der Waals surface area contributed by atoms with Gasteiger partial charge in [-0.3, -0.25) is 9.89 Å². The van der Waals surface area contributed by atoms with Gasteiger partial charge in [0.15, 0.2) is 0 Å². The van der Waals surface area contributed by atoms with Crippen molar-refractivity contribution in [2.75, 3.05) is 5.32 Å². The smallest absolute Gasteiger partial charge is 0.223 e. The van der Waals surface area contributed by atoms with E-state index >= 15 is 0 Å². The van der Waals surface area contributed by atoms with Crippen LogP contribution in [0.4, 0.5) is 11.5 Å². The van der Waals surface area contributed by atoms with Gasteiger partial charge in [-0.1, -0.05) is 0 Å². The predicted molar refractivity (Wildman–Crippen MR) is 110 cm³/mol. The molecule has 1 unspecified atom stereocenters. The van der Waals surface area contributed by atoms with Gasteiger partial charge in [0, 0.05) is 28.7 Å². The molecule has 4 N–H and O–H groups in total. The summed E-state index contributed by atoms with van der Waals surface area (Å²) >= 11 is 0. The van der Waals surface area contributed by atoms with Gasteiger partial charge in [0.1, 0.15) is 17.8 Å². The van der Waals surface area contributed by atoms with Crippen molar-refractivity contribution < 1.29 is 4.79 Å². The van der Waals surface area contributed by atoms with Crippen LogP contribution in [0.2, 0.25) is 0 Å². The molecule has 1 saturated carbocycles. The molecule has 1 atom stereocenters. The van der Waals surface area contributed by atoms with Crippen LogP contribution in [0, 0.1) is 5.92 Å². The number of fused-ring (bicyclic) bond motifs is 4. The summed E-state index contributed by atoms with van der Waals surface area (Å²) in [5.41, 5.74) is 5.08. The number of benzene rings is 1. The quantitative estimate of drug-likeness (QED) is 0.430. The molecule has 0 saturated heterocycles. The standard InChI is InChI=1S/C21H21N7O/c29-21(26-13-2-3-13)11-1-5-17-15(8-11)18-19(22-10-23-20(18)27-17)25-14-4-6-16-12(7-14)9-24-28-16/h4,6-7,9-11,13H,1-3,5,8H2,(H,24,28)(H,26,29)(H2,22,23,25,27). The number of carbonyl (C=O) groups excluding carboxylic acids is 1. The molecule has 4 aromatic rings. The fourth-order valence-corrected chi connectivity index (χ4v) is 4.26. The van der Waals surface area contributed by atoms with Gasteiger partial charge in [0.05, 0.1) is 17.1 Å². The van der Waals surface area contributed by atoms with Crippen LogP contribution in [-0.2, 0) is 17.6 Å². The van der Waals surface area contributed by atoms with E-state index in [1.54, 1.807) is 12.5 Å². The number of rotatable bonds is 4. The Labute approximate surface area is 166 Å². The Balaban J connectivity index is 1.35. The number of aromatic amines is 2. The first-order chi connectivity index (χ1) is 14.2. The maximum absolute atomic E-state index is 12.6. The van der Waals surface area contributed by atoms with Gasteiger partial charge in [0.25, 0.3) is 0 Å². The second kappa shape index (κ2) is 6.30. The summed E-state index contributed by atoms with van der Waals surface area (Å²) in [6.07, 6.45) is 8.04. The maximum Gasteiger partial charge on any atom is 0.223 e. The van der Waals surface area contributed by atoms with Crippen LogP contribution < -0.4 is 10.6 Å². The van der Waals surface area contributed by atoms with Gasteiger partial charge < -0.3 is 15.6 Å². The molecule has 146 valence electrons. The zero-order valence-electron chi connectivity index (χ0n) is 15.8. The van der Waals surface area contributed by atoms with Crippen LogP contribution in [0.15, 0.2) is 30.7 Å². The number of aromatic nitrogens is 5. The second-order valence-corrected chi connectivity index (χ2v) is 8.05. The lowest BCUT2D eigenvalue weighted by molar-refractivity contribution is -0.125. The molecular formula is C21H21N7O. The van der Waals surface area contributed by atoms with Gasteiger partial charge in [-0.05, 0) is 55.9 Å². The predicted octanol–water partition coefficient (Wildman–Crippen LogP) is 2.96. The average molecular weight is 387 g/mol. The van der Waals surface area contributed by atoms with Gasteiger partial charge in [-0.25, -0.2) is 9.97 Å². The van der Waals surface area contributed by atoms with E-state index in [-0.39, 0.29) is 11.8 Å². The van der Waals surface area contributed by atoms with Crippen molar-refractivity contribution in [2.45, 2.75) is 38.1 Å². The number of amides is 1. The summed E-state index contributed by atoms with van der Waals surface area (Å²) in [5.74, 6) is 0.959. The minimum absolute atomic E-state index is 0.0115. The highest BCUT2D eigenvalue weighted by Crippen LogP contribution is 2.35. The van der Waals surface area contributed by atoms with Crippen LogP contribution in [0.3, 0.4) is 0 Å². The first-order valence-electron chi connectivity index (χ1n) is 10.1. The number of anilines is 2. The third kappa shape index (κ3) is 2.91. The van der Waals surface area contributed by atoms with Crippen LogP contribution in [0.25, 0.3) is 21.9 Å². The molecule has 2 aliphatic carbocycles. The zero-order chi connectivity index (χ0) is 19.4. The van der Waals surface area contributed by atoms with Gasteiger partial charge >= 0.3 is 0 Å². The molecule has 1 amide bonds. The fraction of sp³-hybridized carbons (Fsp3) is 0.333. The van der Waals surface area contributed by atoms with Crippen molar-refractivity contribution in [3.8, 4) is 0 Å². The van der Waals surface area contributed by atoms with Crippen molar-refractivity contribution in [3.63, 3.8) is 0 Å². The molecule has 1 fully saturated rings. The van der Waals surface area contributed by atoms with Crippen LogP contribution in [-0.4, -0.2) is 37.1 Å². The molecule has 0 spiro atoms. The SMILES string of the molecule is O=C(NC1CC1)C1CCc2[nH]c3ncnc(Nc4ccc5[nH]ncc5c4)c3c2C1. The van der Waals surface area contributed by atoms with Crippen molar-refractivity contribution in [1.29, 1.82) is 0 Å². The molecule has 0 bridgehead atoms. The average Bonchev–Trinajstić information content (AvgIpc) is 3.28. The minimum Gasteiger partial charge on any atom is -0.353 e. The van der Waals surface area contributed by atoms with E-state index < -0.39 is 0 Å². The van der Waals surface area contributed by atoms with Crippen molar-refractivity contribution in [1.82, 2.24) is 30.5 Å². The number of nitrogens with one attached hydrogen (secondary N) is 4. The van der Waals surface area contributed by atoms with Crippen molar-refractivity contribution >= 4 is 39.3 Å². The highest BCUT2D eigenvalue weighted by atomic mass is 16.2. The third-order valence-electron chi connectivity index (χ3n) is 5.97. The number of hydrogen-bond donors (Lipinski definition) is 4. The molecular weight excluding hydrogens is 366 g/mol. The van der Waals surface area contributed by atoms with Gasteiger partial charge in [0.2, 0.25) is 5.91 Å². The summed E-state index contributed by atoms with van der Waals surface area (Å²) in [5, 5.41) is 15.7. The summed E-state index contributed by atoms with van der Waals surface area (Å²) in [7, 11) is 0. The summed E-state index contributed by atoms with van der Waals surface area (Å²) in [6.45, 7) is 0. The van der Waals surface area contributed by atoms with Crippen LogP contribution >= 0.6 is 0 Å². The highest BCUT2D eigenvalue weighted by Gasteiger charge is 2.32.